The van der Waals surface area contributed by atoms with Crippen LogP contribution < -0.4 is 5.32 Å². The highest BCUT2D eigenvalue weighted by atomic mass is 32.2. The van der Waals surface area contributed by atoms with Crippen LogP contribution in [0.4, 0.5) is 0 Å². The van der Waals surface area contributed by atoms with Crippen LogP contribution in [0, 0.1) is 5.92 Å². The number of piperidine rings is 1. The van der Waals surface area contributed by atoms with Crippen LogP contribution in [0.3, 0.4) is 0 Å². The Hall–Kier alpha value is -1.93. The highest BCUT2D eigenvalue weighted by Crippen LogP contribution is 2.28. The number of rotatable bonds is 5. The molecule has 26 heavy (non-hydrogen) atoms. The highest BCUT2D eigenvalue weighted by Gasteiger charge is 2.29. The smallest absolute Gasteiger partial charge is 0.274 e. The number of imidazole rings is 1. The van der Waals surface area contributed by atoms with Gasteiger partial charge in [-0.1, -0.05) is 6.07 Å². The second-order valence-corrected chi connectivity index (χ2v) is 9.30. The summed E-state index contributed by atoms with van der Waals surface area (Å²) in [5.41, 5.74) is 0.752. The summed E-state index contributed by atoms with van der Waals surface area (Å²) in [5, 5.41) is 3.51. The van der Waals surface area contributed by atoms with E-state index in [2.05, 4.69) is 10.3 Å². The molecule has 7 nitrogen and oxygen atoms in total. The SMILES string of the molecule is CS(=O)(=O)c1nc(C(=O)N2CCC(NCC3CC3)CC2)c2ccccn12. The van der Waals surface area contributed by atoms with Crippen molar-refractivity contribution in [3.05, 3.63) is 30.1 Å². The van der Waals surface area contributed by atoms with Gasteiger partial charge in [0.25, 0.3) is 5.91 Å². The third-order valence-electron chi connectivity index (χ3n) is 5.22. The Bertz CT molecular complexity index is 925. The molecular formula is C18H24N4O3S. The van der Waals surface area contributed by atoms with Crippen LogP contribution in [0.1, 0.15) is 36.2 Å². The number of likely N-dealkylation sites (tertiary alicyclic amines) is 1. The van der Waals surface area contributed by atoms with E-state index in [0.29, 0.717) is 24.6 Å². The van der Waals surface area contributed by atoms with Crippen molar-refractivity contribution < 1.29 is 13.2 Å². The minimum Gasteiger partial charge on any atom is -0.337 e. The van der Waals surface area contributed by atoms with Crippen molar-refractivity contribution >= 4 is 21.3 Å². The number of aromatic nitrogens is 2. The van der Waals surface area contributed by atoms with E-state index in [4.69, 9.17) is 0 Å². The average Bonchev–Trinajstić information content (AvgIpc) is 3.37. The quantitative estimate of drug-likeness (QED) is 0.851. The van der Waals surface area contributed by atoms with Crippen molar-refractivity contribution in [2.24, 2.45) is 5.92 Å². The molecule has 2 fully saturated rings. The van der Waals surface area contributed by atoms with Crippen molar-refractivity contribution in [1.82, 2.24) is 19.6 Å². The molecule has 140 valence electrons. The maximum atomic E-state index is 13.0. The molecule has 1 saturated carbocycles. The molecule has 0 unspecified atom stereocenters. The van der Waals surface area contributed by atoms with E-state index in [1.807, 2.05) is 0 Å². The van der Waals surface area contributed by atoms with Crippen molar-refractivity contribution in [3.63, 3.8) is 0 Å². The molecule has 0 atom stereocenters. The van der Waals surface area contributed by atoms with Crippen LogP contribution in [-0.2, 0) is 9.84 Å². The lowest BCUT2D eigenvalue weighted by molar-refractivity contribution is 0.0701. The molecule has 2 aromatic heterocycles. The van der Waals surface area contributed by atoms with Gasteiger partial charge in [0.15, 0.2) is 5.69 Å². The first kappa shape index (κ1) is 17.5. The summed E-state index contributed by atoms with van der Waals surface area (Å²) in [6, 6.07) is 5.71. The Morgan fingerprint density at radius 3 is 2.62 bits per heavy atom. The van der Waals surface area contributed by atoms with Crippen LogP contribution in [0.5, 0.6) is 0 Å². The second kappa shape index (κ2) is 6.66. The predicted octanol–water partition coefficient (Wildman–Crippen LogP) is 1.34. The molecule has 1 saturated heterocycles. The number of nitrogens with one attached hydrogen (secondary N) is 1. The van der Waals surface area contributed by atoms with E-state index in [-0.39, 0.29) is 16.8 Å². The molecule has 2 aromatic rings. The van der Waals surface area contributed by atoms with Crippen LogP contribution in [-0.4, -0.2) is 60.5 Å². The van der Waals surface area contributed by atoms with E-state index in [1.54, 1.807) is 29.3 Å². The van der Waals surface area contributed by atoms with Gasteiger partial charge in [-0.25, -0.2) is 13.4 Å². The Morgan fingerprint density at radius 1 is 1.23 bits per heavy atom. The summed E-state index contributed by atoms with van der Waals surface area (Å²) in [5.74, 6) is 0.658. The molecule has 4 rings (SSSR count). The van der Waals surface area contributed by atoms with Crippen molar-refractivity contribution in [1.29, 1.82) is 0 Å². The molecule has 1 amide bonds. The Kier molecular flexibility index (Phi) is 4.48. The van der Waals surface area contributed by atoms with Gasteiger partial charge in [0.1, 0.15) is 0 Å². The first-order valence-corrected chi connectivity index (χ1v) is 11.0. The maximum absolute atomic E-state index is 13.0. The van der Waals surface area contributed by atoms with Crippen LogP contribution in [0.25, 0.3) is 5.52 Å². The number of amides is 1. The first-order chi connectivity index (χ1) is 12.4. The topological polar surface area (TPSA) is 83.8 Å². The zero-order chi connectivity index (χ0) is 18.3. The lowest BCUT2D eigenvalue weighted by atomic mass is 10.0. The summed E-state index contributed by atoms with van der Waals surface area (Å²) >= 11 is 0. The molecule has 8 heteroatoms. The third kappa shape index (κ3) is 3.48. The largest absolute Gasteiger partial charge is 0.337 e. The van der Waals surface area contributed by atoms with E-state index < -0.39 is 9.84 Å². The summed E-state index contributed by atoms with van der Waals surface area (Å²) in [7, 11) is -3.52. The molecule has 0 bridgehead atoms. The fourth-order valence-corrected chi connectivity index (χ4v) is 4.29. The lowest BCUT2D eigenvalue weighted by Crippen LogP contribution is -2.45. The second-order valence-electron chi connectivity index (χ2n) is 7.39. The maximum Gasteiger partial charge on any atom is 0.274 e. The minimum atomic E-state index is -3.52. The monoisotopic (exact) mass is 376 g/mol. The van der Waals surface area contributed by atoms with Gasteiger partial charge in [-0.3, -0.25) is 9.20 Å². The summed E-state index contributed by atoms with van der Waals surface area (Å²) in [6.45, 7) is 2.42. The van der Waals surface area contributed by atoms with Gasteiger partial charge in [-0.15, -0.1) is 0 Å². The van der Waals surface area contributed by atoms with E-state index in [0.717, 1.165) is 31.6 Å². The number of carbonyl (C=O) groups excluding carboxylic acids is 1. The van der Waals surface area contributed by atoms with Gasteiger partial charge in [-0.2, -0.15) is 0 Å². The highest BCUT2D eigenvalue weighted by molar-refractivity contribution is 7.90. The van der Waals surface area contributed by atoms with E-state index in [1.165, 1.54) is 17.2 Å². The normalized spacial score (nSPS) is 19.2. The molecule has 0 spiro atoms. The fraction of sp³-hybridized carbons (Fsp3) is 0.556. The van der Waals surface area contributed by atoms with Gasteiger partial charge in [0, 0.05) is 31.6 Å². The summed E-state index contributed by atoms with van der Waals surface area (Å²) in [6.07, 6.45) is 7.25. The van der Waals surface area contributed by atoms with E-state index >= 15 is 0 Å². The molecule has 1 N–H and O–H groups in total. The minimum absolute atomic E-state index is 0.0857. The molecular weight excluding hydrogens is 352 g/mol. The van der Waals surface area contributed by atoms with Gasteiger partial charge in [0.05, 0.1) is 5.52 Å². The lowest BCUT2D eigenvalue weighted by Gasteiger charge is -2.32. The third-order valence-corrected chi connectivity index (χ3v) is 6.18. The Morgan fingerprint density at radius 2 is 1.96 bits per heavy atom. The molecule has 1 aliphatic carbocycles. The average molecular weight is 376 g/mol. The molecule has 0 aromatic carbocycles. The first-order valence-electron chi connectivity index (χ1n) is 9.13. The molecule has 0 radical (unpaired) electrons. The number of fused-ring (bicyclic) bond motifs is 1. The number of carbonyl (C=O) groups is 1. The van der Waals surface area contributed by atoms with Crippen LogP contribution >= 0.6 is 0 Å². The van der Waals surface area contributed by atoms with Gasteiger partial charge in [-0.05, 0) is 50.3 Å². The molecule has 3 heterocycles. The summed E-state index contributed by atoms with van der Waals surface area (Å²) in [4.78, 5) is 19.0. The van der Waals surface area contributed by atoms with Crippen molar-refractivity contribution in [2.75, 3.05) is 25.9 Å². The summed E-state index contributed by atoms with van der Waals surface area (Å²) < 4.78 is 25.5. The van der Waals surface area contributed by atoms with Gasteiger partial charge in [0.2, 0.25) is 15.0 Å². The van der Waals surface area contributed by atoms with Crippen molar-refractivity contribution in [3.8, 4) is 0 Å². The van der Waals surface area contributed by atoms with Gasteiger partial charge < -0.3 is 10.2 Å². The Labute approximate surface area is 153 Å². The predicted molar refractivity (Wildman–Crippen MR) is 98.0 cm³/mol. The number of hydrogen-bond donors (Lipinski definition) is 1. The molecule has 1 aliphatic heterocycles. The zero-order valence-electron chi connectivity index (χ0n) is 14.9. The fourth-order valence-electron chi connectivity index (χ4n) is 3.52. The number of sulfone groups is 1. The number of nitrogens with zero attached hydrogens (tertiary/aromatic N) is 3. The zero-order valence-corrected chi connectivity index (χ0v) is 15.7. The molecule has 2 aliphatic rings. The number of pyridine rings is 1. The van der Waals surface area contributed by atoms with Crippen LogP contribution in [0.15, 0.2) is 29.6 Å². The van der Waals surface area contributed by atoms with Crippen LogP contribution in [0.2, 0.25) is 0 Å². The van der Waals surface area contributed by atoms with E-state index in [9.17, 15) is 13.2 Å². The van der Waals surface area contributed by atoms with Crippen molar-refractivity contribution in [2.45, 2.75) is 36.9 Å². The Balaban J connectivity index is 1.51. The number of hydrogen-bond acceptors (Lipinski definition) is 5. The standard InChI is InChI=1S/C18H24N4O3S/c1-26(24,25)18-20-16(15-4-2-3-9-22(15)18)17(23)21-10-7-14(8-11-21)19-12-13-5-6-13/h2-4,9,13-14,19H,5-8,10-12H2,1H3. The van der Waals surface area contributed by atoms with Gasteiger partial charge >= 0.3 is 0 Å².